The Kier molecular flexibility index (Phi) is 2.87. The van der Waals surface area contributed by atoms with Crippen LogP contribution in [0.3, 0.4) is 0 Å². The Morgan fingerprint density at radius 2 is 1.00 bits per heavy atom. The van der Waals surface area contributed by atoms with Crippen LogP contribution in [0, 0.1) is 0 Å². The average Bonchev–Trinajstić information content (AvgIpc) is 3.34. The molecule has 0 spiro atoms. The fourth-order valence-corrected chi connectivity index (χ4v) is 3.06. The fourth-order valence-electron chi connectivity index (χ4n) is 3.06. The van der Waals surface area contributed by atoms with Crippen molar-refractivity contribution >= 4 is 0 Å². The SMILES string of the molecule is c1ccc(C2OC2(c2ccccc2)c2ccccc2)cc1. The summed E-state index contributed by atoms with van der Waals surface area (Å²) in [5.41, 5.74) is 3.31. The number of hydrogen-bond acceptors (Lipinski definition) is 1. The van der Waals surface area contributed by atoms with Crippen LogP contribution in [0.4, 0.5) is 0 Å². The number of benzene rings is 3. The van der Waals surface area contributed by atoms with E-state index in [2.05, 4.69) is 72.8 Å². The van der Waals surface area contributed by atoms with Crippen molar-refractivity contribution in [3.8, 4) is 0 Å². The van der Waals surface area contributed by atoms with E-state index in [0.717, 1.165) is 0 Å². The highest BCUT2D eigenvalue weighted by Crippen LogP contribution is 2.60. The largest absolute Gasteiger partial charge is 0.351 e. The van der Waals surface area contributed by atoms with E-state index < -0.39 is 0 Å². The van der Waals surface area contributed by atoms with Crippen molar-refractivity contribution in [3.63, 3.8) is 0 Å². The van der Waals surface area contributed by atoms with Crippen LogP contribution in [0.5, 0.6) is 0 Å². The van der Waals surface area contributed by atoms with E-state index >= 15 is 0 Å². The molecule has 3 aromatic carbocycles. The van der Waals surface area contributed by atoms with Gasteiger partial charge in [0, 0.05) is 0 Å². The zero-order chi connectivity index (χ0) is 14.1. The van der Waals surface area contributed by atoms with Gasteiger partial charge in [0.25, 0.3) is 0 Å². The van der Waals surface area contributed by atoms with E-state index in [1.165, 1.54) is 16.7 Å². The minimum atomic E-state index is -0.343. The molecule has 102 valence electrons. The van der Waals surface area contributed by atoms with Crippen molar-refractivity contribution in [3.05, 3.63) is 108 Å². The predicted molar refractivity (Wildman–Crippen MR) is 83.9 cm³/mol. The topological polar surface area (TPSA) is 12.5 Å². The molecule has 1 aliphatic rings. The average molecular weight is 272 g/mol. The molecule has 0 aromatic heterocycles. The van der Waals surface area contributed by atoms with E-state index in [1.54, 1.807) is 0 Å². The Hall–Kier alpha value is -2.38. The lowest BCUT2D eigenvalue weighted by Crippen LogP contribution is -2.12. The van der Waals surface area contributed by atoms with Gasteiger partial charge < -0.3 is 4.74 Å². The first-order valence-electron chi connectivity index (χ1n) is 7.25. The molecule has 1 nitrogen and oxygen atoms in total. The summed E-state index contributed by atoms with van der Waals surface area (Å²) in [6, 6.07) is 31.4. The zero-order valence-corrected chi connectivity index (χ0v) is 11.6. The molecule has 1 unspecified atom stereocenters. The second-order valence-corrected chi connectivity index (χ2v) is 5.38. The second kappa shape index (κ2) is 4.87. The smallest absolute Gasteiger partial charge is 0.149 e. The fraction of sp³-hybridized carbons (Fsp3) is 0.100. The van der Waals surface area contributed by atoms with E-state index in [-0.39, 0.29) is 11.7 Å². The minimum Gasteiger partial charge on any atom is -0.351 e. The van der Waals surface area contributed by atoms with Crippen LogP contribution in [0.1, 0.15) is 22.8 Å². The zero-order valence-electron chi connectivity index (χ0n) is 11.6. The third-order valence-electron chi connectivity index (χ3n) is 4.12. The molecule has 1 fully saturated rings. The van der Waals surface area contributed by atoms with Crippen LogP contribution in [0.2, 0.25) is 0 Å². The van der Waals surface area contributed by atoms with E-state index in [0.29, 0.717) is 0 Å². The molecule has 1 atom stereocenters. The maximum Gasteiger partial charge on any atom is 0.149 e. The predicted octanol–water partition coefficient (Wildman–Crippen LogP) is 4.70. The van der Waals surface area contributed by atoms with Crippen LogP contribution in [-0.4, -0.2) is 0 Å². The number of rotatable bonds is 3. The van der Waals surface area contributed by atoms with Crippen molar-refractivity contribution < 1.29 is 4.74 Å². The molecule has 1 heterocycles. The summed E-state index contributed by atoms with van der Waals surface area (Å²) in [4.78, 5) is 0. The van der Waals surface area contributed by atoms with Crippen molar-refractivity contribution in [1.29, 1.82) is 0 Å². The molecule has 1 heteroatoms. The molecule has 0 amide bonds. The summed E-state index contributed by atoms with van der Waals surface area (Å²) in [6.45, 7) is 0. The van der Waals surface area contributed by atoms with Crippen molar-refractivity contribution in [2.45, 2.75) is 11.7 Å². The van der Waals surface area contributed by atoms with E-state index in [4.69, 9.17) is 4.74 Å². The minimum absolute atomic E-state index is 0.0866. The Labute approximate surface area is 124 Å². The van der Waals surface area contributed by atoms with E-state index in [9.17, 15) is 0 Å². The first-order valence-corrected chi connectivity index (χ1v) is 7.25. The van der Waals surface area contributed by atoms with Gasteiger partial charge in [-0.05, 0) is 16.7 Å². The molecule has 1 saturated heterocycles. The summed E-state index contributed by atoms with van der Waals surface area (Å²) in [5.74, 6) is 0. The first kappa shape index (κ1) is 12.4. The quantitative estimate of drug-likeness (QED) is 0.629. The summed E-state index contributed by atoms with van der Waals surface area (Å²) >= 11 is 0. The van der Waals surface area contributed by atoms with Crippen molar-refractivity contribution in [1.82, 2.24) is 0 Å². The van der Waals surface area contributed by atoms with Gasteiger partial charge >= 0.3 is 0 Å². The maximum absolute atomic E-state index is 6.26. The number of ether oxygens (including phenoxy) is 1. The molecule has 0 N–H and O–H groups in total. The summed E-state index contributed by atoms with van der Waals surface area (Å²) < 4.78 is 6.26. The molecule has 21 heavy (non-hydrogen) atoms. The Morgan fingerprint density at radius 1 is 0.571 bits per heavy atom. The van der Waals surface area contributed by atoms with Gasteiger partial charge in [-0.1, -0.05) is 91.0 Å². The van der Waals surface area contributed by atoms with Crippen LogP contribution in [0.25, 0.3) is 0 Å². The second-order valence-electron chi connectivity index (χ2n) is 5.38. The standard InChI is InChI=1S/C20H16O/c1-4-10-16(11-5-1)19-20(21-19,17-12-6-2-7-13-17)18-14-8-3-9-15-18/h1-15,19H. The van der Waals surface area contributed by atoms with Gasteiger partial charge in [0.1, 0.15) is 11.7 Å². The van der Waals surface area contributed by atoms with Crippen LogP contribution in [-0.2, 0) is 10.3 Å². The Bertz CT molecular complexity index is 680. The highest BCUT2D eigenvalue weighted by Gasteiger charge is 2.59. The summed E-state index contributed by atoms with van der Waals surface area (Å²) in [5, 5.41) is 0. The van der Waals surface area contributed by atoms with Gasteiger partial charge in [-0.15, -0.1) is 0 Å². The molecule has 4 rings (SSSR count). The van der Waals surface area contributed by atoms with Crippen molar-refractivity contribution in [2.75, 3.05) is 0 Å². The Morgan fingerprint density at radius 3 is 1.48 bits per heavy atom. The Balaban J connectivity index is 1.83. The van der Waals surface area contributed by atoms with Gasteiger partial charge in [0.2, 0.25) is 0 Å². The first-order chi connectivity index (χ1) is 10.4. The van der Waals surface area contributed by atoms with Gasteiger partial charge in [0.15, 0.2) is 0 Å². The molecular weight excluding hydrogens is 256 g/mol. The number of hydrogen-bond donors (Lipinski definition) is 0. The highest BCUT2D eigenvalue weighted by atomic mass is 16.6. The molecule has 3 aromatic rings. The van der Waals surface area contributed by atoms with Crippen LogP contribution in [0.15, 0.2) is 91.0 Å². The molecule has 0 radical (unpaired) electrons. The lowest BCUT2D eigenvalue weighted by molar-refractivity contribution is 0.329. The third-order valence-corrected chi connectivity index (χ3v) is 4.12. The third kappa shape index (κ3) is 1.98. The molecular formula is C20H16O. The summed E-state index contributed by atoms with van der Waals surface area (Å²) in [7, 11) is 0. The van der Waals surface area contributed by atoms with Crippen LogP contribution >= 0.6 is 0 Å². The van der Waals surface area contributed by atoms with Gasteiger partial charge in [0.05, 0.1) is 0 Å². The molecule has 0 aliphatic carbocycles. The monoisotopic (exact) mass is 272 g/mol. The highest BCUT2D eigenvalue weighted by molar-refractivity contribution is 5.46. The van der Waals surface area contributed by atoms with E-state index in [1.807, 2.05) is 18.2 Å². The van der Waals surface area contributed by atoms with Crippen LogP contribution < -0.4 is 0 Å². The maximum atomic E-state index is 6.26. The lowest BCUT2D eigenvalue weighted by Gasteiger charge is -2.14. The van der Waals surface area contributed by atoms with Gasteiger partial charge in [-0.2, -0.15) is 0 Å². The van der Waals surface area contributed by atoms with Gasteiger partial charge in [-0.3, -0.25) is 0 Å². The normalized spacial score (nSPS) is 19.1. The molecule has 0 saturated carbocycles. The molecule has 0 bridgehead atoms. The van der Waals surface area contributed by atoms with Gasteiger partial charge in [-0.25, -0.2) is 0 Å². The molecule has 1 aliphatic heterocycles. The summed E-state index contributed by atoms with van der Waals surface area (Å²) in [6.07, 6.45) is 0.0866. The number of epoxide rings is 1. The lowest BCUT2D eigenvalue weighted by atomic mass is 9.85. The van der Waals surface area contributed by atoms with Crippen molar-refractivity contribution in [2.24, 2.45) is 0 Å².